The zero-order valence-electron chi connectivity index (χ0n) is 17.4. The lowest BCUT2D eigenvalue weighted by molar-refractivity contribution is -0.189. The summed E-state index contributed by atoms with van der Waals surface area (Å²) in [5.41, 5.74) is -2.55. The van der Waals surface area contributed by atoms with Gasteiger partial charge in [-0.2, -0.15) is 23.0 Å². The third kappa shape index (κ3) is 5.11. The van der Waals surface area contributed by atoms with E-state index < -0.39 is 58.2 Å². The number of alkyl halides is 3. The van der Waals surface area contributed by atoms with Crippen molar-refractivity contribution < 1.29 is 31.5 Å². The number of carbonyl (C=O) groups excluding carboxylic acids is 1. The first kappa shape index (κ1) is 25.0. The minimum atomic E-state index is -4.83. The second-order valence-corrected chi connectivity index (χ2v) is 7.33. The topological polar surface area (TPSA) is 78.2 Å². The van der Waals surface area contributed by atoms with Crippen molar-refractivity contribution >= 4 is 23.2 Å². The van der Waals surface area contributed by atoms with Crippen molar-refractivity contribution in [3.63, 3.8) is 0 Å². The molecular formula is C21H16ClF5N4O3. The van der Waals surface area contributed by atoms with E-state index in [1.165, 1.54) is 18.2 Å². The van der Waals surface area contributed by atoms with Gasteiger partial charge in [0.05, 0.1) is 16.3 Å². The Morgan fingerprint density at radius 1 is 1.29 bits per heavy atom. The molecule has 1 heterocycles. The Morgan fingerprint density at radius 2 is 2.00 bits per heavy atom. The third-order valence-corrected chi connectivity index (χ3v) is 4.86. The van der Waals surface area contributed by atoms with Gasteiger partial charge in [-0.25, -0.2) is 13.6 Å². The number of hydrogen-bond donors (Lipinski definition) is 1. The Hall–Kier alpha value is -3.67. The van der Waals surface area contributed by atoms with Gasteiger partial charge in [-0.15, -0.1) is 6.58 Å². The van der Waals surface area contributed by atoms with Gasteiger partial charge in [0.2, 0.25) is 0 Å². The molecule has 3 rings (SSSR count). The first-order chi connectivity index (χ1) is 15.9. The van der Waals surface area contributed by atoms with Crippen molar-refractivity contribution in [3.8, 4) is 11.4 Å². The Morgan fingerprint density at radius 3 is 2.62 bits per heavy atom. The molecule has 1 aromatic heterocycles. The van der Waals surface area contributed by atoms with Gasteiger partial charge >= 0.3 is 11.9 Å². The fourth-order valence-electron chi connectivity index (χ4n) is 2.80. The van der Waals surface area contributed by atoms with Crippen LogP contribution in [-0.2, 0) is 6.54 Å². The number of aromatic nitrogens is 3. The summed E-state index contributed by atoms with van der Waals surface area (Å²) < 4.78 is 74.9. The predicted octanol–water partition coefficient (Wildman–Crippen LogP) is 4.73. The first-order valence-electron chi connectivity index (χ1n) is 9.52. The van der Waals surface area contributed by atoms with Crippen molar-refractivity contribution in [2.75, 3.05) is 5.32 Å². The highest BCUT2D eigenvalue weighted by Crippen LogP contribution is 2.32. The Labute approximate surface area is 194 Å². The molecule has 1 atom stereocenters. The molecule has 7 nitrogen and oxygen atoms in total. The first-order valence-corrected chi connectivity index (χ1v) is 9.89. The lowest BCUT2D eigenvalue weighted by Gasteiger charge is -2.20. The Balaban J connectivity index is 2.11. The molecule has 0 bridgehead atoms. The molecule has 0 radical (unpaired) electrons. The number of para-hydroxylation sites is 1. The van der Waals surface area contributed by atoms with E-state index in [0.717, 1.165) is 23.0 Å². The molecule has 0 fully saturated rings. The molecule has 0 unspecified atom stereocenters. The SMILES string of the molecule is C=CCn1cnn(-c2cc(O[C@@H](C)C(F)(F)F)c(C(=O)Nc3c(F)cccc3Cl)cc2F)c1=O. The minimum Gasteiger partial charge on any atom is -0.480 e. The van der Waals surface area contributed by atoms with Crippen LogP contribution in [0.5, 0.6) is 5.75 Å². The number of allylic oxidation sites excluding steroid dienone is 1. The van der Waals surface area contributed by atoms with Crippen LogP contribution < -0.4 is 15.7 Å². The van der Waals surface area contributed by atoms with Gasteiger partial charge < -0.3 is 10.1 Å². The van der Waals surface area contributed by atoms with Crippen LogP contribution in [0.15, 0.2) is 54.1 Å². The van der Waals surface area contributed by atoms with Crippen LogP contribution in [0, 0.1) is 11.6 Å². The molecule has 3 aromatic rings. The van der Waals surface area contributed by atoms with Crippen LogP contribution in [0.2, 0.25) is 5.02 Å². The van der Waals surface area contributed by atoms with Crippen molar-refractivity contribution in [3.05, 3.63) is 82.0 Å². The largest absolute Gasteiger partial charge is 0.480 e. The highest BCUT2D eigenvalue weighted by Gasteiger charge is 2.39. The summed E-state index contributed by atoms with van der Waals surface area (Å²) in [5.74, 6) is -4.03. The second kappa shape index (κ2) is 9.67. The second-order valence-electron chi connectivity index (χ2n) is 6.92. The fourth-order valence-corrected chi connectivity index (χ4v) is 3.01. The molecule has 0 saturated carbocycles. The lowest BCUT2D eigenvalue weighted by atomic mass is 10.1. The van der Waals surface area contributed by atoms with Gasteiger partial charge in [0, 0.05) is 12.6 Å². The average Bonchev–Trinajstić information content (AvgIpc) is 3.11. The number of halogens is 6. The van der Waals surface area contributed by atoms with E-state index >= 15 is 0 Å². The molecule has 2 aromatic carbocycles. The number of amides is 1. The summed E-state index contributed by atoms with van der Waals surface area (Å²) in [6.07, 6.45) is -4.79. The van der Waals surface area contributed by atoms with Crippen molar-refractivity contribution in [1.82, 2.24) is 14.3 Å². The van der Waals surface area contributed by atoms with Crippen molar-refractivity contribution in [2.24, 2.45) is 0 Å². The van der Waals surface area contributed by atoms with E-state index in [9.17, 15) is 31.5 Å². The van der Waals surface area contributed by atoms with Crippen LogP contribution >= 0.6 is 11.6 Å². The van der Waals surface area contributed by atoms with Gasteiger partial charge in [0.15, 0.2) is 6.10 Å². The summed E-state index contributed by atoms with van der Waals surface area (Å²) in [4.78, 5) is 25.2. The quantitative estimate of drug-likeness (QED) is 0.374. The van der Waals surface area contributed by atoms with Gasteiger partial charge in [-0.3, -0.25) is 9.36 Å². The smallest absolute Gasteiger partial charge is 0.425 e. The highest BCUT2D eigenvalue weighted by molar-refractivity contribution is 6.34. The normalized spacial score (nSPS) is 12.3. The number of hydrogen-bond acceptors (Lipinski definition) is 4. The third-order valence-electron chi connectivity index (χ3n) is 4.55. The van der Waals surface area contributed by atoms with Gasteiger partial charge in [0.1, 0.15) is 29.4 Å². The Kier molecular flexibility index (Phi) is 7.10. The minimum absolute atomic E-state index is 0.0405. The number of carbonyl (C=O) groups is 1. The number of nitrogens with zero attached hydrogens (tertiary/aromatic N) is 3. The summed E-state index contributed by atoms with van der Waals surface area (Å²) in [5, 5.41) is 5.63. The fraction of sp³-hybridized carbons (Fsp3) is 0.190. The molecule has 0 aliphatic carbocycles. The maximum absolute atomic E-state index is 14.9. The maximum Gasteiger partial charge on any atom is 0.425 e. The number of ether oxygens (including phenoxy) is 1. The molecular weight excluding hydrogens is 487 g/mol. The molecule has 1 amide bonds. The van der Waals surface area contributed by atoms with E-state index in [2.05, 4.69) is 17.0 Å². The highest BCUT2D eigenvalue weighted by atomic mass is 35.5. The zero-order valence-corrected chi connectivity index (χ0v) is 18.1. The number of nitrogens with one attached hydrogen (secondary N) is 1. The molecule has 34 heavy (non-hydrogen) atoms. The van der Waals surface area contributed by atoms with E-state index in [-0.39, 0.29) is 11.6 Å². The summed E-state index contributed by atoms with van der Waals surface area (Å²) in [6, 6.07) is 4.79. The summed E-state index contributed by atoms with van der Waals surface area (Å²) >= 11 is 5.86. The van der Waals surface area contributed by atoms with Crippen LogP contribution in [0.3, 0.4) is 0 Å². The number of benzene rings is 2. The number of rotatable bonds is 7. The van der Waals surface area contributed by atoms with E-state index in [0.29, 0.717) is 17.7 Å². The summed E-state index contributed by atoms with van der Waals surface area (Å²) in [6.45, 7) is 4.18. The van der Waals surface area contributed by atoms with Crippen molar-refractivity contribution in [1.29, 1.82) is 0 Å². The van der Waals surface area contributed by atoms with E-state index in [4.69, 9.17) is 16.3 Å². The summed E-state index contributed by atoms with van der Waals surface area (Å²) in [7, 11) is 0. The van der Waals surface area contributed by atoms with Crippen LogP contribution in [-0.4, -0.2) is 32.5 Å². The lowest BCUT2D eigenvalue weighted by Crippen LogP contribution is -2.32. The van der Waals surface area contributed by atoms with E-state index in [1.54, 1.807) is 0 Å². The van der Waals surface area contributed by atoms with Gasteiger partial charge in [-0.05, 0) is 25.1 Å². The zero-order chi connectivity index (χ0) is 25.2. The van der Waals surface area contributed by atoms with E-state index in [1.807, 2.05) is 0 Å². The Bertz CT molecular complexity index is 1280. The van der Waals surface area contributed by atoms with Crippen LogP contribution in [0.4, 0.5) is 27.6 Å². The monoisotopic (exact) mass is 502 g/mol. The number of anilines is 1. The van der Waals surface area contributed by atoms with Gasteiger partial charge in [-0.1, -0.05) is 23.7 Å². The van der Waals surface area contributed by atoms with Crippen LogP contribution in [0.1, 0.15) is 17.3 Å². The molecule has 1 N–H and O–H groups in total. The standard InChI is InChI=1S/C21H16ClF5N4O3/c1-3-7-30-10-28-31(20(30)33)16-9-17(34-11(2)21(25,26)27)12(8-15(16)24)19(32)29-18-13(22)5-4-6-14(18)23/h3-6,8-11H,1,7H2,2H3,(H,29,32)/t11-/m0/s1. The molecule has 180 valence electrons. The molecule has 13 heteroatoms. The predicted molar refractivity (Wildman–Crippen MR) is 113 cm³/mol. The molecule has 0 saturated heterocycles. The van der Waals surface area contributed by atoms with Gasteiger partial charge in [0.25, 0.3) is 5.91 Å². The molecule has 0 spiro atoms. The van der Waals surface area contributed by atoms with Crippen LogP contribution in [0.25, 0.3) is 5.69 Å². The molecule has 0 aliphatic rings. The van der Waals surface area contributed by atoms with Crippen molar-refractivity contribution in [2.45, 2.75) is 25.7 Å². The maximum atomic E-state index is 14.9. The molecule has 0 aliphatic heterocycles. The average molecular weight is 503 g/mol.